The fourth-order valence-electron chi connectivity index (χ4n) is 3.04. The number of hydrogen-bond donors (Lipinski definition) is 1. The molecule has 144 valence electrons. The minimum absolute atomic E-state index is 0.0222. The second kappa shape index (κ2) is 9.33. The molecule has 0 saturated heterocycles. The van der Waals surface area contributed by atoms with E-state index < -0.39 is 6.04 Å². The third kappa shape index (κ3) is 5.17. The Hall–Kier alpha value is -2.66. The largest absolute Gasteiger partial charge is 0.324 e. The lowest BCUT2D eigenvalue weighted by Gasteiger charge is -2.29. The molecule has 2 aromatic carbocycles. The Balaban J connectivity index is 2.02. The van der Waals surface area contributed by atoms with E-state index in [2.05, 4.69) is 5.32 Å². The van der Waals surface area contributed by atoms with E-state index in [1.165, 1.54) is 0 Å². The van der Waals surface area contributed by atoms with Gasteiger partial charge in [0.25, 0.3) is 0 Å². The number of para-hydroxylation sites is 2. The third-order valence-corrected chi connectivity index (χ3v) is 4.81. The summed E-state index contributed by atoms with van der Waals surface area (Å²) in [5, 5.41) is 2.97. The lowest BCUT2D eigenvalue weighted by molar-refractivity contribution is -0.124. The summed E-state index contributed by atoms with van der Waals surface area (Å²) in [5.74, 6) is -0.150. The number of anilines is 2. The summed E-state index contributed by atoms with van der Waals surface area (Å²) in [6, 6.07) is 15.1. The summed E-state index contributed by atoms with van der Waals surface area (Å²) in [6.07, 6.45) is 0. The molecule has 0 radical (unpaired) electrons. The molecule has 0 saturated carbocycles. The van der Waals surface area contributed by atoms with Gasteiger partial charge in [-0.1, -0.05) is 36.4 Å². The molecule has 1 N–H and O–H groups in total. The van der Waals surface area contributed by atoms with Gasteiger partial charge < -0.3 is 10.2 Å². The van der Waals surface area contributed by atoms with Gasteiger partial charge in [-0.2, -0.15) is 0 Å². The van der Waals surface area contributed by atoms with Gasteiger partial charge in [-0.3, -0.25) is 14.5 Å². The van der Waals surface area contributed by atoms with Gasteiger partial charge in [-0.05, 0) is 58.0 Å². The molecule has 0 unspecified atom stereocenters. The number of nitrogens with zero attached hydrogens (tertiary/aromatic N) is 2. The van der Waals surface area contributed by atoms with E-state index in [0.29, 0.717) is 6.54 Å². The van der Waals surface area contributed by atoms with Crippen molar-refractivity contribution in [2.24, 2.45) is 0 Å². The summed E-state index contributed by atoms with van der Waals surface area (Å²) < 4.78 is 0. The van der Waals surface area contributed by atoms with Crippen LogP contribution in [0.4, 0.5) is 11.4 Å². The standard InChI is InChI=1S/C22H29N3O2/c1-6-25(19-13-8-7-9-14-19)22(27)18(4)24(5)15-20(26)23-21-16(2)11-10-12-17(21)3/h7-14,18H,6,15H2,1-5H3,(H,23,26)/t18-/m0/s1. The molecule has 5 heteroatoms. The number of carbonyl (C=O) groups is 2. The third-order valence-electron chi connectivity index (χ3n) is 4.81. The molecule has 0 fully saturated rings. The van der Waals surface area contributed by atoms with Crippen LogP contribution in [0, 0.1) is 13.8 Å². The Morgan fingerprint density at radius 3 is 2.15 bits per heavy atom. The van der Waals surface area contributed by atoms with E-state index in [1.807, 2.05) is 76.2 Å². The number of carbonyl (C=O) groups excluding carboxylic acids is 2. The lowest BCUT2D eigenvalue weighted by Crippen LogP contribution is -2.48. The maximum absolute atomic E-state index is 12.9. The van der Waals surface area contributed by atoms with Crippen molar-refractivity contribution in [2.75, 3.05) is 30.4 Å². The molecule has 0 aliphatic rings. The number of likely N-dealkylation sites (N-methyl/N-ethyl adjacent to an activating group) is 2. The summed E-state index contributed by atoms with van der Waals surface area (Å²) in [6.45, 7) is 8.45. The van der Waals surface area contributed by atoms with Crippen LogP contribution in [0.15, 0.2) is 48.5 Å². The van der Waals surface area contributed by atoms with Gasteiger partial charge in [0, 0.05) is 17.9 Å². The van der Waals surface area contributed by atoms with E-state index in [0.717, 1.165) is 22.5 Å². The van der Waals surface area contributed by atoms with Gasteiger partial charge >= 0.3 is 0 Å². The first-order valence-electron chi connectivity index (χ1n) is 9.27. The van der Waals surface area contributed by atoms with Crippen LogP contribution in [0.5, 0.6) is 0 Å². The van der Waals surface area contributed by atoms with Gasteiger partial charge in [0.1, 0.15) is 0 Å². The number of hydrogen-bond acceptors (Lipinski definition) is 3. The molecule has 2 amide bonds. The molecule has 0 spiro atoms. The molecular formula is C22H29N3O2. The lowest BCUT2D eigenvalue weighted by atomic mass is 10.1. The van der Waals surface area contributed by atoms with Crippen LogP contribution < -0.4 is 10.2 Å². The number of aryl methyl sites for hydroxylation is 2. The van der Waals surface area contributed by atoms with Gasteiger partial charge in [-0.15, -0.1) is 0 Å². The first-order chi connectivity index (χ1) is 12.8. The highest BCUT2D eigenvalue weighted by atomic mass is 16.2. The zero-order valence-corrected chi connectivity index (χ0v) is 16.8. The predicted octanol–water partition coefficient (Wildman–Crippen LogP) is 3.62. The molecular weight excluding hydrogens is 338 g/mol. The maximum Gasteiger partial charge on any atom is 0.244 e. The van der Waals surface area contributed by atoms with Crippen molar-refractivity contribution >= 4 is 23.2 Å². The fraction of sp³-hybridized carbons (Fsp3) is 0.364. The Morgan fingerprint density at radius 2 is 1.59 bits per heavy atom. The highest BCUT2D eigenvalue weighted by Crippen LogP contribution is 2.19. The molecule has 0 aliphatic carbocycles. The minimum atomic E-state index is -0.408. The van der Waals surface area contributed by atoms with Crippen LogP contribution in [-0.2, 0) is 9.59 Å². The summed E-state index contributed by atoms with van der Waals surface area (Å²) in [4.78, 5) is 28.9. The zero-order valence-electron chi connectivity index (χ0n) is 16.8. The molecule has 0 bridgehead atoms. The Bertz CT molecular complexity index is 769. The van der Waals surface area contributed by atoms with Crippen LogP contribution in [0.25, 0.3) is 0 Å². The van der Waals surface area contributed by atoms with Gasteiger partial charge in [0.05, 0.1) is 12.6 Å². The number of amides is 2. The second-order valence-corrected chi connectivity index (χ2v) is 6.82. The summed E-state index contributed by atoms with van der Waals surface area (Å²) in [5.41, 5.74) is 3.76. The van der Waals surface area contributed by atoms with Crippen LogP contribution in [0.1, 0.15) is 25.0 Å². The average molecular weight is 367 g/mol. The van der Waals surface area contributed by atoms with Crippen molar-refractivity contribution in [3.05, 3.63) is 59.7 Å². The first kappa shape index (κ1) is 20.6. The van der Waals surface area contributed by atoms with Crippen molar-refractivity contribution in [3.63, 3.8) is 0 Å². The minimum Gasteiger partial charge on any atom is -0.324 e. The van der Waals surface area contributed by atoms with Crippen LogP contribution in [0.3, 0.4) is 0 Å². The molecule has 2 aromatic rings. The van der Waals surface area contributed by atoms with Crippen molar-refractivity contribution in [1.82, 2.24) is 4.90 Å². The summed E-state index contributed by atoms with van der Waals surface area (Å²) in [7, 11) is 1.80. The molecule has 2 rings (SSSR count). The smallest absolute Gasteiger partial charge is 0.244 e. The van der Waals surface area contributed by atoms with Crippen molar-refractivity contribution in [3.8, 4) is 0 Å². The van der Waals surface area contributed by atoms with Crippen molar-refractivity contribution < 1.29 is 9.59 Å². The topological polar surface area (TPSA) is 52.7 Å². The Morgan fingerprint density at radius 1 is 1.00 bits per heavy atom. The van der Waals surface area contributed by atoms with Gasteiger partial charge in [-0.25, -0.2) is 0 Å². The highest BCUT2D eigenvalue weighted by Gasteiger charge is 2.25. The highest BCUT2D eigenvalue weighted by molar-refractivity contribution is 5.98. The number of nitrogens with one attached hydrogen (secondary N) is 1. The van der Waals surface area contributed by atoms with Gasteiger partial charge in [0.15, 0.2) is 0 Å². The van der Waals surface area contributed by atoms with Crippen molar-refractivity contribution in [2.45, 2.75) is 33.7 Å². The molecule has 1 atom stereocenters. The molecule has 0 aliphatic heterocycles. The molecule has 5 nitrogen and oxygen atoms in total. The van der Waals surface area contributed by atoms with E-state index in [4.69, 9.17) is 0 Å². The zero-order chi connectivity index (χ0) is 20.0. The number of rotatable bonds is 7. The molecule has 0 aromatic heterocycles. The predicted molar refractivity (Wildman–Crippen MR) is 111 cm³/mol. The van der Waals surface area contributed by atoms with Crippen molar-refractivity contribution in [1.29, 1.82) is 0 Å². The monoisotopic (exact) mass is 367 g/mol. The van der Waals surface area contributed by atoms with Crippen LogP contribution in [0.2, 0.25) is 0 Å². The van der Waals surface area contributed by atoms with Gasteiger partial charge in [0.2, 0.25) is 11.8 Å². The second-order valence-electron chi connectivity index (χ2n) is 6.82. The SMILES string of the molecule is CCN(C(=O)[C@H](C)N(C)CC(=O)Nc1c(C)cccc1C)c1ccccc1. The van der Waals surface area contributed by atoms with Crippen LogP contribution in [-0.4, -0.2) is 42.9 Å². The van der Waals surface area contributed by atoms with E-state index >= 15 is 0 Å². The number of benzene rings is 2. The Labute approximate surface area is 162 Å². The van der Waals surface area contributed by atoms with E-state index in [9.17, 15) is 9.59 Å². The normalized spacial score (nSPS) is 11.9. The average Bonchev–Trinajstić information content (AvgIpc) is 2.65. The quantitative estimate of drug-likeness (QED) is 0.813. The maximum atomic E-state index is 12.9. The molecule has 27 heavy (non-hydrogen) atoms. The summed E-state index contributed by atoms with van der Waals surface area (Å²) >= 11 is 0. The van der Waals surface area contributed by atoms with E-state index in [-0.39, 0.29) is 18.4 Å². The fourth-order valence-corrected chi connectivity index (χ4v) is 3.04. The molecule has 0 heterocycles. The first-order valence-corrected chi connectivity index (χ1v) is 9.27. The Kier molecular flexibility index (Phi) is 7.13. The van der Waals surface area contributed by atoms with Crippen LogP contribution >= 0.6 is 0 Å². The van der Waals surface area contributed by atoms with E-state index in [1.54, 1.807) is 16.8 Å².